The van der Waals surface area contributed by atoms with Gasteiger partial charge in [0.25, 0.3) is 0 Å². The minimum Gasteiger partial charge on any atom is -0.355 e. The zero-order valence-electron chi connectivity index (χ0n) is 16.1. The number of carbonyl (C=O) groups is 2. The summed E-state index contributed by atoms with van der Waals surface area (Å²) in [6.07, 6.45) is 2.18. The number of anilines is 1. The number of amides is 2. The third-order valence-corrected chi connectivity index (χ3v) is 5.42. The highest BCUT2D eigenvalue weighted by Crippen LogP contribution is 2.27. The molecule has 5 heteroatoms. The van der Waals surface area contributed by atoms with Crippen molar-refractivity contribution in [1.29, 1.82) is 0 Å². The molecule has 3 aromatic rings. The van der Waals surface area contributed by atoms with Crippen LogP contribution in [-0.4, -0.2) is 34.8 Å². The molecule has 1 fully saturated rings. The summed E-state index contributed by atoms with van der Waals surface area (Å²) >= 11 is 0. The second-order valence-corrected chi connectivity index (χ2v) is 7.37. The summed E-state index contributed by atoms with van der Waals surface area (Å²) in [5.74, 6) is -0.0401. The lowest BCUT2D eigenvalue weighted by molar-refractivity contribution is -0.134. The number of nitrogens with zero attached hydrogens (tertiary/aromatic N) is 1. The number of aromatic nitrogens is 1. The minimum atomic E-state index is -0.152. The third-order valence-electron chi connectivity index (χ3n) is 5.42. The number of hydrogen-bond acceptors (Lipinski definition) is 2. The first-order chi connectivity index (χ1) is 13.6. The number of likely N-dealkylation sites (tertiary alicyclic amines) is 1. The van der Waals surface area contributed by atoms with Crippen molar-refractivity contribution in [2.75, 3.05) is 18.4 Å². The first-order valence-corrected chi connectivity index (χ1v) is 9.91. The molecule has 1 aliphatic rings. The summed E-state index contributed by atoms with van der Waals surface area (Å²) in [7, 11) is 0. The average Bonchev–Trinajstić information content (AvgIpc) is 3.18. The molecule has 2 heterocycles. The number of rotatable bonds is 4. The summed E-state index contributed by atoms with van der Waals surface area (Å²) in [5.41, 5.74) is 3.92. The number of hydrogen-bond donors (Lipinski definition) is 2. The van der Waals surface area contributed by atoms with Gasteiger partial charge in [-0.15, -0.1) is 0 Å². The number of piperidine rings is 1. The number of para-hydroxylation sites is 1. The Labute approximate surface area is 164 Å². The zero-order valence-corrected chi connectivity index (χ0v) is 16.1. The Kier molecular flexibility index (Phi) is 5.15. The van der Waals surface area contributed by atoms with E-state index >= 15 is 0 Å². The Hall–Kier alpha value is -3.08. The highest BCUT2D eigenvalue weighted by atomic mass is 16.2. The van der Waals surface area contributed by atoms with Crippen LogP contribution >= 0.6 is 0 Å². The van der Waals surface area contributed by atoms with Crippen LogP contribution in [0.25, 0.3) is 22.2 Å². The Bertz CT molecular complexity index is 975. The minimum absolute atomic E-state index is 0.0117. The Morgan fingerprint density at radius 1 is 1.14 bits per heavy atom. The lowest BCUT2D eigenvalue weighted by Crippen LogP contribution is -2.43. The van der Waals surface area contributed by atoms with Crippen LogP contribution < -0.4 is 5.32 Å². The topological polar surface area (TPSA) is 65.2 Å². The SMILES string of the molecule is CCC(=O)N1CCC[C@H](C(=O)Nc2cccc(-c3cc4ccccc4[nH]3)c2)C1. The second-order valence-electron chi connectivity index (χ2n) is 7.37. The largest absolute Gasteiger partial charge is 0.355 e. The number of carbonyl (C=O) groups excluding carboxylic acids is 2. The van der Waals surface area contributed by atoms with Crippen molar-refractivity contribution in [3.8, 4) is 11.3 Å². The van der Waals surface area contributed by atoms with Gasteiger partial charge in [-0.25, -0.2) is 0 Å². The number of benzene rings is 2. The number of fused-ring (bicyclic) bond motifs is 1. The van der Waals surface area contributed by atoms with Gasteiger partial charge in [0.1, 0.15) is 0 Å². The molecule has 1 aromatic heterocycles. The maximum atomic E-state index is 12.8. The zero-order chi connectivity index (χ0) is 19.5. The van der Waals surface area contributed by atoms with Crippen molar-refractivity contribution in [3.05, 3.63) is 54.6 Å². The quantitative estimate of drug-likeness (QED) is 0.709. The van der Waals surface area contributed by atoms with E-state index in [9.17, 15) is 9.59 Å². The van der Waals surface area contributed by atoms with Gasteiger partial charge >= 0.3 is 0 Å². The molecule has 144 valence electrons. The van der Waals surface area contributed by atoms with Crippen LogP contribution in [0.1, 0.15) is 26.2 Å². The summed E-state index contributed by atoms with van der Waals surface area (Å²) in [4.78, 5) is 30.0. The third kappa shape index (κ3) is 3.79. The molecule has 5 nitrogen and oxygen atoms in total. The molecule has 28 heavy (non-hydrogen) atoms. The molecule has 0 unspecified atom stereocenters. The molecule has 0 aliphatic carbocycles. The lowest BCUT2D eigenvalue weighted by atomic mass is 9.96. The maximum Gasteiger partial charge on any atom is 0.229 e. The Morgan fingerprint density at radius 2 is 2.00 bits per heavy atom. The van der Waals surface area contributed by atoms with Crippen molar-refractivity contribution in [2.24, 2.45) is 5.92 Å². The monoisotopic (exact) mass is 375 g/mol. The Morgan fingerprint density at radius 3 is 2.82 bits per heavy atom. The summed E-state index contributed by atoms with van der Waals surface area (Å²) in [6, 6.07) is 18.1. The van der Waals surface area contributed by atoms with Crippen LogP contribution in [-0.2, 0) is 9.59 Å². The molecule has 1 aliphatic heterocycles. The van der Waals surface area contributed by atoms with E-state index in [4.69, 9.17) is 0 Å². The first kappa shape index (κ1) is 18.3. The molecule has 1 saturated heterocycles. The van der Waals surface area contributed by atoms with Crippen LogP contribution in [0.4, 0.5) is 5.69 Å². The van der Waals surface area contributed by atoms with E-state index in [2.05, 4.69) is 28.5 Å². The van der Waals surface area contributed by atoms with E-state index in [0.29, 0.717) is 13.0 Å². The Balaban J connectivity index is 1.48. The van der Waals surface area contributed by atoms with Gasteiger partial charge in [0, 0.05) is 47.4 Å². The van der Waals surface area contributed by atoms with Gasteiger partial charge in [-0.1, -0.05) is 37.3 Å². The molecular formula is C23H25N3O2. The van der Waals surface area contributed by atoms with E-state index in [1.54, 1.807) is 0 Å². The maximum absolute atomic E-state index is 12.8. The van der Waals surface area contributed by atoms with Crippen molar-refractivity contribution in [1.82, 2.24) is 9.88 Å². The molecule has 1 atom stereocenters. The van der Waals surface area contributed by atoms with Crippen molar-refractivity contribution in [2.45, 2.75) is 26.2 Å². The number of H-pyrrole nitrogens is 1. The second kappa shape index (κ2) is 7.89. The van der Waals surface area contributed by atoms with E-state index in [0.717, 1.165) is 47.2 Å². The molecular weight excluding hydrogens is 350 g/mol. The highest BCUT2D eigenvalue weighted by Gasteiger charge is 2.27. The number of nitrogens with one attached hydrogen (secondary N) is 2. The summed E-state index contributed by atoms with van der Waals surface area (Å²) in [6.45, 7) is 3.13. The van der Waals surface area contributed by atoms with Crippen LogP contribution in [0.15, 0.2) is 54.6 Å². The fraction of sp³-hybridized carbons (Fsp3) is 0.304. The fourth-order valence-corrected chi connectivity index (χ4v) is 3.88. The van der Waals surface area contributed by atoms with E-state index in [1.807, 2.05) is 48.2 Å². The molecule has 2 N–H and O–H groups in total. The van der Waals surface area contributed by atoms with Gasteiger partial charge < -0.3 is 15.2 Å². The molecule has 0 spiro atoms. The van der Waals surface area contributed by atoms with Crippen molar-refractivity contribution < 1.29 is 9.59 Å². The smallest absolute Gasteiger partial charge is 0.229 e. The predicted octanol–water partition coefficient (Wildman–Crippen LogP) is 4.42. The van der Waals surface area contributed by atoms with Gasteiger partial charge in [-0.05, 0) is 37.1 Å². The van der Waals surface area contributed by atoms with Gasteiger partial charge in [0.15, 0.2) is 0 Å². The van der Waals surface area contributed by atoms with E-state index in [1.165, 1.54) is 0 Å². The highest BCUT2D eigenvalue weighted by molar-refractivity contribution is 5.94. The number of aromatic amines is 1. The van der Waals surface area contributed by atoms with Gasteiger partial charge in [-0.3, -0.25) is 9.59 Å². The lowest BCUT2D eigenvalue weighted by Gasteiger charge is -2.31. The average molecular weight is 375 g/mol. The van der Waals surface area contributed by atoms with E-state index in [-0.39, 0.29) is 17.7 Å². The molecule has 4 rings (SSSR count). The van der Waals surface area contributed by atoms with Crippen LogP contribution in [0, 0.1) is 5.92 Å². The molecule has 2 aromatic carbocycles. The molecule has 0 bridgehead atoms. The van der Waals surface area contributed by atoms with Crippen LogP contribution in [0.2, 0.25) is 0 Å². The molecule has 0 saturated carbocycles. The summed E-state index contributed by atoms with van der Waals surface area (Å²) < 4.78 is 0. The normalized spacial score (nSPS) is 16.9. The fourth-order valence-electron chi connectivity index (χ4n) is 3.88. The predicted molar refractivity (Wildman–Crippen MR) is 112 cm³/mol. The van der Waals surface area contributed by atoms with Crippen molar-refractivity contribution in [3.63, 3.8) is 0 Å². The van der Waals surface area contributed by atoms with Gasteiger partial charge in [-0.2, -0.15) is 0 Å². The molecule has 2 amide bonds. The van der Waals surface area contributed by atoms with Crippen LogP contribution in [0.3, 0.4) is 0 Å². The van der Waals surface area contributed by atoms with Crippen molar-refractivity contribution >= 4 is 28.4 Å². The van der Waals surface area contributed by atoms with Gasteiger partial charge in [0.2, 0.25) is 11.8 Å². The molecule has 0 radical (unpaired) electrons. The van der Waals surface area contributed by atoms with E-state index < -0.39 is 0 Å². The van der Waals surface area contributed by atoms with Crippen LogP contribution in [0.5, 0.6) is 0 Å². The first-order valence-electron chi connectivity index (χ1n) is 9.91. The van der Waals surface area contributed by atoms with Gasteiger partial charge in [0.05, 0.1) is 5.92 Å². The standard InChI is InChI=1S/C23H25N3O2/c1-2-22(27)26-12-6-9-18(15-26)23(28)24-19-10-5-8-16(13-19)21-14-17-7-3-4-11-20(17)25-21/h3-5,7-8,10-11,13-14,18,25H,2,6,9,12,15H2,1H3,(H,24,28)/t18-/m0/s1. The summed E-state index contributed by atoms with van der Waals surface area (Å²) in [5, 5.41) is 4.20.